The fraction of sp³-hybridized carbons (Fsp3) is 0.143. The summed E-state index contributed by atoms with van der Waals surface area (Å²) in [5, 5.41) is 9.86. The molecular weight excluding hydrogens is 348 g/mol. The minimum Gasteiger partial charge on any atom is -0.508 e. The van der Waals surface area contributed by atoms with Crippen molar-refractivity contribution in [1.82, 2.24) is 0 Å². The molecule has 0 radical (unpaired) electrons. The third-order valence-corrected chi connectivity index (χ3v) is 4.17. The highest BCUT2D eigenvalue weighted by Gasteiger charge is 2.02. The van der Waals surface area contributed by atoms with Crippen molar-refractivity contribution in [3.8, 4) is 11.5 Å². The Morgan fingerprint density at radius 3 is 2.58 bits per heavy atom. The number of aromatic hydroxyl groups is 1. The van der Waals surface area contributed by atoms with Crippen molar-refractivity contribution in [1.29, 1.82) is 0 Å². The molecule has 100 valence electrons. The zero-order valence-corrected chi connectivity index (χ0v) is 13.1. The predicted octanol–water partition coefficient (Wildman–Crippen LogP) is 4.98. The summed E-state index contributed by atoms with van der Waals surface area (Å²) < 4.78 is 6.52. The van der Waals surface area contributed by atoms with Crippen LogP contribution in [0.1, 0.15) is 0 Å². The fourth-order valence-electron chi connectivity index (χ4n) is 1.45. The number of thioether (sulfide) groups is 1. The predicted molar refractivity (Wildman–Crippen MR) is 83.5 cm³/mol. The lowest BCUT2D eigenvalue weighted by molar-refractivity contribution is 0.342. The first-order chi connectivity index (χ1) is 9.15. The van der Waals surface area contributed by atoms with Crippen LogP contribution in [-0.2, 0) is 0 Å². The molecule has 19 heavy (non-hydrogen) atoms. The SMILES string of the molecule is Oc1ccc(SCCOc2ccc(Cl)cc2Br)cc1. The second kappa shape index (κ2) is 7.08. The van der Waals surface area contributed by atoms with Gasteiger partial charge in [0.15, 0.2) is 0 Å². The molecule has 2 rings (SSSR count). The van der Waals surface area contributed by atoms with Crippen molar-refractivity contribution in [3.05, 3.63) is 52.0 Å². The summed E-state index contributed by atoms with van der Waals surface area (Å²) in [6.07, 6.45) is 0. The highest BCUT2D eigenvalue weighted by Crippen LogP contribution is 2.28. The average molecular weight is 360 g/mol. The summed E-state index contributed by atoms with van der Waals surface area (Å²) in [6, 6.07) is 12.6. The topological polar surface area (TPSA) is 29.5 Å². The van der Waals surface area contributed by atoms with E-state index in [1.807, 2.05) is 24.3 Å². The first-order valence-corrected chi connectivity index (χ1v) is 7.80. The van der Waals surface area contributed by atoms with E-state index in [4.69, 9.17) is 16.3 Å². The molecule has 0 aromatic heterocycles. The zero-order chi connectivity index (χ0) is 13.7. The number of rotatable bonds is 5. The maximum Gasteiger partial charge on any atom is 0.133 e. The van der Waals surface area contributed by atoms with Crippen molar-refractivity contribution in [2.75, 3.05) is 12.4 Å². The summed E-state index contributed by atoms with van der Waals surface area (Å²) in [7, 11) is 0. The van der Waals surface area contributed by atoms with Gasteiger partial charge >= 0.3 is 0 Å². The van der Waals surface area contributed by atoms with Gasteiger partial charge in [-0.2, -0.15) is 0 Å². The van der Waals surface area contributed by atoms with Gasteiger partial charge in [-0.3, -0.25) is 0 Å². The van der Waals surface area contributed by atoms with Crippen LogP contribution in [0.2, 0.25) is 5.02 Å². The van der Waals surface area contributed by atoms with Crippen LogP contribution in [0, 0.1) is 0 Å². The minimum absolute atomic E-state index is 0.283. The minimum atomic E-state index is 0.283. The molecule has 2 aromatic rings. The summed E-state index contributed by atoms with van der Waals surface area (Å²) in [6.45, 7) is 0.603. The molecule has 0 fully saturated rings. The number of benzene rings is 2. The highest BCUT2D eigenvalue weighted by atomic mass is 79.9. The van der Waals surface area contributed by atoms with Crippen LogP contribution >= 0.6 is 39.3 Å². The first kappa shape index (κ1) is 14.6. The van der Waals surface area contributed by atoms with Gasteiger partial charge < -0.3 is 9.84 Å². The molecule has 0 aliphatic carbocycles. The molecule has 2 aromatic carbocycles. The van der Waals surface area contributed by atoms with Crippen LogP contribution in [0.15, 0.2) is 51.8 Å². The maximum absolute atomic E-state index is 9.18. The molecule has 0 bridgehead atoms. The number of phenolic OH excluding ortho intramolecular Hbond substituents is 1. The average Bonchev–Trinajstić information content (AvgIpc) is 2.39. The van der Waals surface area contributed by atoms with Crippen molar-refractivity contribution in [2.24, 2.45) is 0 Å². The van der Waals surface area contributed by atoms with Crippen LogP contribution in [0.25, 0.3) is 0 Å². The van der Waals surface area contributed by atoms with Gasteiger partial charge in [-0.25, -0.2) is 0 Å². The van der Waals surface area contributed by atoms with Gasteiger partial charge in [0.1, 0.15) is 11.5 Å². The molecule has 0 atom stereocenters. The van der Waals surface area contributed by atoms with Crippen LogP contribution in [0.3, 0.4) is 0 Å². The fourth-order valence-corrected chi connectivity index (χ4v) is 2.97. The Morgan fingerprint density at radius 1 is 1.16 bits per heavy atom. The Bertz CT molecular complexity index is 546. The Labute approximate surface area is 129 Å². The number of hydrogen-bond donors (Lipinski definition) is 1. The van der Waals surface area contributed by atoms with Crippen LogP contribution < -0.4 is 4.74 Å². The van der Waals surface area contributed by atoms with E-state index in [0.29, 0.717) is 11.6 Å². The Kier molecular flexibility index (Phi) is 5.43. The molecule has 0 amide bonds. The molecule has 0 aliphatic heterocycles. The van der Waals surface area contributed by atoms with Crippen molar-refractivity contribution >= 4 is 39.3 Å². The van der Waals surface area contributed by atoms with E-state index >= 15 is 0 Å². The van der Waals surface area contributed by atoms with E-state index in [1.54, 1.807) is 30.0 Å². The monoisotopic (exact) mass is 358 g/mol. The van der Waals surface area contributed by atoms with Gasteiger partial charge in [0.2, 0.25) is 0 Å². The van der Waals surface area contributed by atoms with E-state index in [9.17, 15) is 5.11 Å². The summed E-state index contributed by atoms with van der Waals surface area (Å²) in [5.41, 5.74) is 0. The molecule has 2 nitrogen and oxygen atoms in total. The first-order valence-electron chi connectivity index (χ1n) is 5.65. The number of ether oxygens (including phenoxy) is 1. The van der Waals surface area contributed by atoms with E-state index in [1.165, 1.54) is 0 Å². The standard InChI is InChI=1S/C14H12BrClO2S/c15-13-9-10(16)1-6-14(13)18-7-8-19-12-4-2-11(17)3-5-12/h1-6,9,17H,7-8H2. The highest BCUT2D eigenvalue weighted by molar-refractivity contribution is 9.10. The maximum atomic E-state index is 9.18. The summed E-state index contributed by atoms with van der Waals surface area (Å²) in [5.74, 6) is 1.90. The molecule has 0 heterocycles. The van der Waals surface area contributed by atoms with E-state index in [2.05, 4.69) is 15.9 Å². The summed E-state index contributed by atoms with van der Waals surface area (Å²) >= 11 is 10.9. The normalized spacial score (nSPS) is 10.4. The molecule has 0 saturated carbocycles. The molecule has 0 spiro atoms. The third-order valence-electron chi connectivity index (χ3n) is 2.34. The summed E-state index contributed by atoms with van der Waals surface area (Å²) in [4.78, 5) is 1.11. The van der Waals surface area contributed by atoms with Gasteiger partial charge in [0.05, 0.1) is 11.1 Å². The Morgan fingerprint density at radius 2 is 1.89 bits per heavy atom. The zero-order valence-electron chi connectivity index (χ0n) is 9.98. The number of phenols is 1. The van der Waals surface area contributed by atoms with Gasteiger partial charge in [0, 0.05) is 15.7 Å². The van der Waals surface area contributed by atoms with Crippen LogP contribution in [-0.4, -0.2) is 17.5 Å². The lowest BCUT2D eigenvalue weighted by Gasteiger charge is -2.08. The molecule has 0 unspecified atom stereocenters. The van der Waals surface area contributed by atoms with Crippen molar-refractivity contribution < 1.29 is 9.84 Å². The number of hydrogen-bond acceptors (Lipinski definition) is 3. The molecular formula is C14H12BrClO2S. The van der Waals surface area contributed by atoms with Crippen molar-refractivity contribution in [3.63, 3.8) is 0 Å². The van der Waals surface area contributed by atoms with Gasteiger partial charge in [-0.05, 0) is 58.4 Å². The van der Waals surface area contributed by atoms with Crippen LogP contribution in [0.5, 0.6) is 11.5 Å². The quantitative estimate of drug-likeness (QED) is 0.603. The van der Waals surface area contributed by atoms with Crippen LogP contribution in [0.4, 0.5) is 0 Å². The molecule has 1 N–H and O–H groups in total. The smallest absolute Gasteiger partial charge is 0.133 e. The lowest BCUT2D eigenvalue weighted by atomic mass is 10.3. The lowest BCUT2D eigenvalue weighted by Crippen LogP contribution is -2.00. The van der Waals surface area contributed by atoms with Gasteiger partial charge in [0.25, 0.3) is 0 Å². The molecule has 0 aliphatic rings. The van der Waals surface area contributed by atoms with E-state index in [0.717, 1.165) is 20.9 Å². The second-order valence-corrected chi connectivity index (χ2v) is 6.22. The molecule has 5 heteroatoms. The van der Waals surface area contributed by atoms with E-state index < -0.39 is 0 Å². The van der Waals surface area contributed by atoms with Crippen molar-refractivity contribution in [2.45, 2.75) is 4.90 Å². The Balaban J connectivity index is 1.79. The second-order valence-electron chi connectivity index (χ2n) is 3.77. The van der Waals surface area contributed by atoms with Gasteiger partial charge in [-0.15, -0.1) is 11.8 Å². The Hall–Kier alpha value is -0.840. The van der Waals surface area contributed by atoms with E-state index in [-0.39, 0.29) is 5.75 Å². The van der Waals surface area contributed by atoms with Gasteiger partial charge in [-0.1, -0.05) is 11.6 Å². The largest absolute Gasteiger partial charge is 0.508 e. The number of halogens is 2. The molecule has 0 saturated heterocycles. The third kappa shape index (κ3) is 4.64.